The molecule has 0 aromatic heterocycles. The van der Waals surface area contributed by atoms with Crippen molar-refractivity contribution in [2.24, 2.45) is 0 Å². The number of benzene rings is 2. The zero-order valence-electron chi connectivity index (χ0n) is 18.0. The molecular weight excluding hydrogens is 452 g/mol. The van der Waals surface area contributed by atoms with E-state index >= 15 is 0 Å². The zero-order valence-corrected chi connectivity index (χ0v) is 18.8. The topological polar surface area (TPSA) is 157 Å². The van der Waals surface area contributed by atoms with E-state index in [9.17, 15) is 28.1 Å². The van der Waals surface area contributed by atoms with Crippen molar-refractivity contribution in [2.75, 3.05) is 20.2 Å². The van der Waals surface area contributed by atoms with Gasteiger partial charge in [-0.1, -0.05) is 18.2 Å². The molecule has 1 unspecified atom stereocenters. The molecule has 0 bridgehead atoms. The summed E-state index contributed by atoms with van der Waals surface area (Å²) in [5, 5.41) is 15.8. The summed E-state index contributed by atoms with van der Waals surface area (Å²) < 4.78 is 31.8. The van der Waals surface area contributed by atoms with Gasteiger partial charge in [0.2, 0.25) is 21.8 Å². The van der Waals surface area contributed by atoms with Crippen molar-refractivity contribution in [3.8, 4) is 5.75 Å². The van der Waals surface area contributed by atoms with E-state index in [1.165, 1.54) is 31.2 Å². The number of hydrogen-bond acceptors (Lipinski definition) is 7. The van der Waals surface area contributed by atoms with Gasteiger partial charge in [0.1, 0.15) is 11.8 Å². The standard InChI is InChI=1S/C21H24N4O7S/c1-15(24-20(26)11-8-16-6-9-18(32-2)10-7-16)21(27)22-12-13-23-33(30,31)19-5-3-4-17(14-19)25(28)29/h3-11,14-15,23H,12-13H2,1-2H3,(H,22,27)(H,24,26)/b11-8+. The van der Waals surface area contributed by atoms with Crippen molar-refractivity contribution in [1.29, 1.82) is 0 Å². The van der Waals surface area contributed by atoms with E-state index in [-0.39, 0.29) is 23.7 Å². The summed E-state index contributed by atoms with van der Waals surface area (Å²) in [6.07, 6.45) is 2.88. The minimum absolute atomic E-state index is 0.0467. The van der Waals surface area contributed by atoms with Gasteiger partial charge in [0, 0.05) is 31.3 Å². The number of carbonyl (C=O) groups excluding carboxylic acids is 2. The Kier molecular flexibility index (Phi) is 9.07. The van der Waals surface area contributed by atoms with Crippen LogP contribution in [-0.4, -0.2) is 51.4 Å². The maximum atomic E-state index is 12.2. The molecule has 2 amide bonds. The predicted octanol–water partition coefficient (Wildman–Crippen LogP) is 1.22. The van der Waals surface area contributed by atoms with E-state index in [0.29, 0.717) is 5.75 Å². The maximum absolute atomic E-state index is 12.2. The molecule has 176 valence electrons. The van der Waals surface area contributed by atoms with Crippen LogP contribution in [0.2, 0.25) is 0 Å². The molecule has 0 radical (unpaired) electrons. The quantitative estimate of drug-likeness (QED) is 0.190. The number of nitrogens with zero attached hydrogens (tertiary/aromatic N) is 1. The van der Waals surface area contributed by atoms with Crippen molar-refractivity contribution in [2.45, 2.75) is 17.9 Å². The van der Waals surface area contributed by atoms with E-state index in [0.717, 1.165) is 11.6 Å². The van der Waals surface area contributed by atoms with Crippen LogP contribution in [0.15, 0.2) is 59.5 Å². The Hall–Kier alpha value is -3.77. The van der Waals surface area contributed by atoms with Crippen LogP contribution in [0.1, 0.15) is 12.5 Å². The highest BCUT2D eigenvalue weighted by molar-refractivity contribution is 7.89. The second-order valence-electron chi connectivity index (χ2n) is 6.78. The van der Waals surface area contributed by atoms with E-state index in [1.54, 1.807) is 37.5 Å². The number of rotatable bonds is 11. The number of non-ortho nitro benzene ring substituents is 1. The lowest BCUT2D eigenvalue weighted by Gasteiger charge is -2.13. The molecule has 1 atom stereocenters. The minimum Gasteiger partial charge on any atom is -0.497 e. The molecule has 0 saturated carbocycles. The second kappa shape index (κ2) is 11.7. The Morgan fingerprint density at radius 1 is 1.15 bits per heavy atom. The number of sulfonamides is 1. The van der Waals surface area contributed by atoms with Gasteiger partial charge >= 0.3 is 0 Å². The summed E-state index contributed by atoms with van der Waals surface area (Å²) in [5.41, 5.74) is 0.427. The van der Waals surface area contributed by atoms with Gasteiger partial charge < -0.3 is 15.4 Å². The Morgan fingerprint density at radius 2 is 1.85 bits per heavy atom. The number of ether oxygens (including phenoxy) is 1. The Bertz CT molecular complexity index is 1130. The van der Waals surface area contributed by atoms with Crippen molar-refractivity contribution < 1.29 is 27.7 Å². The summed E-state index contributed by atoms with van der Waals surface area (Å²) in [7, 11) is -2.43. The first-order valence-electron chi connectivity index (χ1n) is 9.77. The van der Waals surface area contributed by atoms with Gasteiger partial charge in [-0.3, -0.25) is 19.7 Å². The third kappa shape index (κ3) is 8.01. The van der Waals surface area contributed by atoms with E-state index in [2.05, 4.69) is 15.4 Å². The molecule has 2 aromatic carbocycles. The predicted molar refractivity (Wildman–Crippen MR) is 121 cm³/mol. The fraction of sp³-hybridized carbons (Fsp3) is 0.238. The molecule has 0 aliphatic rings. The number of nitro groups is 1. The molecule has 0 heterocycles. The highest BCUT2D eigenvalue weighted by Crippen LogP contribution is 2.17. The molecule has 0 spiro atoms. The number of methoxy groups -OCH3 is 1. The Labute approximate surface area is 191 Å². The molecule has 2 aromatic rings. The normalized spacial score (nSPS) is 12.2. The van der Waals surface area contributed by atoms with Crippen molar-refractivity contribution >= 4 is 33.6 Å². The highest BCUT2D eigenvalue weighted by atomic mass is 32.2. The van der Waals surface area contributed by atoms with E-state index in [1.807, 2.05) is 0 Å². The number of nitro benzene ring substituents is 1. The lowest BCUT2D eigenvalue weighted by molar-refractivity contribution is -0.385. The zero-order chi connectivity index (χ0) is 24.4. The fourth-order valence-electron chi connectivity index (χ4n) is 2.59. The molecule has 2 rings (SSSR count). The molecular formula is C21H24N4O7S. The van der Waals surface area contributed by atoms with Gasteiger partial charge in [-0.2, -0.15) is 0 Å². The summed E-state index contributed by atoms with van der Waals surface area (Å²) in [5.74, 6) is -0.287. The first-order chi connectivity index (χ1) is 15.6. The van der Waals surface area contributed by atoms with Crippen LogP contribution in [0.25, 0.3) is 6.08 Å². The van der Waals surface area contributed by atoms with Crippen molar-refractivity contribution in [1.82, 2.24) is 15.4 Å². The van der Waals surface area contributed by atoms with E-state index in [4.69, 9.17) is 4.74 Å². The summed E-state index contributed by atoms with van der Waals surface area (Å²) in [6.45, 7) is 1.30. The SMILES string of the molecule is COc1ccc(/C=C/C(=O)NC(C)C(=O)NCCNS(=O)(=O)c2cccc([N+](=O)[O-])c2)cc1. The minimum atomic E-state index is -3.98. The number of nitrogens with one attached hydrogen (secondary N) is 3. The van der Waals surface area contributed by atoms with Crippen LogP contribution in [0.3, 0.4) is 0 Å². The maximum Gasteiger partial charge on any atom is 0.270 e. The van der Waals surface area contributed by atoms with E-state index < -0.39 is 32.8 Å². The molecule has 12 heteroatoms. The van der Waals surface area contributed by atoms with Gasteiger partial charge in [0.25, 0.3) is 5.69 Å². The van der Waals surface area contributed by atoms with Crippen LogP contribution in [0, 0.1) is 10.1 Å². The largest absolute Gasteiger partial charge is 0.497 e. The second-order valence-corrected chi connectivity index (χ2v) is 8.55. The summed E-state index contributed by atoms with van der Waals surface area (Å²) in [6, 6.07) is 10.8. The first kappa shape index (κ1) is 25.5. The van der Waals surface area contributed by atoms with Crippen LogP contribution in [0.5, 0.6) is 5.75 Å². The first-order valence-corrected chi connectivity index (χ1v) is 11.2. The molecule has 0 aliphatic heterocycles. The molecule has 0 aliphatic carbocycles. The Balaban J connectivity index is 1.78. The average molecular weight is 477 g/mol. The van der Waals surface area contributed by atoms with Crippen molar-refractivity contribution in [3.05, 3.63) is 70.3 Å². The highest BCUT2D eigenvalue weighted by Gasteiger charge is 2.18. The fourth-order valence-corrected chi connectivity index (χ4v) is 3.66. The van der Waals surface area contributed by atoms with Gasteiger partial charge in [0.15, 0.2) is 0 Å². The van der Waals surface area contributed by atoms with Gasteiger partial charge in [0.05, 0.1) is 16.9 Å². The summed E-state index contributed by atoms with van der Waals surface area (Å²) in [4.78, 5) is 34.0. The lowest BCUT2D eigenvalue weighted by atomic mass is 10.2. The average Bonchev–Trinajstić information content (AvgIpc) is 2.80. The van der Waals surface area contributed by atoms with Crippen LogP contribution in [0.4, 0.5) is 5.69 Å². The van der Waals surface area contributed by atoms with Gasteiger partial charge in [-0.05, 0) is 36.8 Å². The molecule has 33 heavy (non-hydrogen) atoms. The molecule has 3 N–H and O–H groups in total. The number of hydrogen-bond donors (Lipinski definition) is 3. The van der Waals surface area contributed by atoms with Crippen molar-refractivity contribution in [3.63, 3.8) is 0 Å². The van der Waals surface area contributed by atoms with Gasteiger partial charge in [-0.25, -0.2) is 13.1 Å². The molecule has 11 nitrogen and oxygen atoms in total. The van der Waals surface area contributed by atoms with Crippen LogP contribution < -0.4 is 20.1 Å². The third-order valence-corrected chi connectivity index (χ3v) is 5.81. The summed E-state index contributed by atoms with van der Waals surface area (Å²) >= 11 is 0. The van der Waals surface area contributed by atoms with Crippen LogP contribution >= 0.6 is 0 Å². The van der Waals surface area contributed by atoms with Crippen LogP contribution in [-0.2, 0) is 19.6 Å². The number of amides is 2. The Morgan fingerprint density at radius 3 is 2.48 bits per heavy atom. The monoisotopic (exact) mass is 476 g/mol. The van der Waals surface area contributed by atoms with Gasteiger partial charge in [-0.15, -0.1) is 0 Å². The lowest BCUT2D eigenvalue weighted by Crippen LogP contribution is -2.46. The number of carbonyl (C=O) groups is 2. The smallest absolute Gasteiger partial charge is 0.270 e. The molecule has 0 fully saturated rings. The molecule has 0 saturated heterocycles. The third-order valence-electron chi connectivity index (χ3n) is 4.35.